The van der Waals surface area contributed by atoms with Gasteiger partial charge in [-0.05, 0) is 6.07 Å². The van der Waals surface area contributed by atoms with Crippen molar-refractivity contribution in [2.24, 2.45) is 0 Å². The summed E-state index contributed by atoms with van der Waals surface area (Å²) in [5.41, 5.74) is 3.76. The molecule has 0 unspecified atom stereocenters. The fraction of sp³-hybridized carbons (Fsp3) is 0.167. The average molecular weight is 261 g/mol. The third kappa shape index (κ3) is 2.51. The topological polar surface area (TPSA) is 73.0 Å². The van der Waals surface area contributed by atoms with E-state index < -0.39 is 37.7 Å². The number of rotatable bonds is 2. The molecule has 0 spiro atoms. The van der Waals surface area contributed by atoms with Crippen LogP contribution in [-0.2, 0) is 9.05 Å². The highest BCUT2D eigenvalue weighted by molar-refractivity contribution is 8.13. The zero-order valence-electron chi connectivity index (χ0n) is 6.92. The molecule has 0 radical (unpaired) electrons. The number of hydrogen-bond donors (Lipinski definition) is 1. The van der Waals surface area contributed by atoms with Crippen molar-refractivity contribution in [1.82, 2.24) is 4.98 Å². The van der Waals surface area contributed by atoms with E-state index in [0.717, 1.165) is 0 Å². The SMILES string of the molecule is Nc1nc(S(=O)(=O)Cl)cc(C(F)F)c1F. The predicted octanol–water partition coefficient (Wildman–Crippen LogP) is 1.67. The molecular formula is C6H4ClF3N2O2S. The number of alkyl halides is 2. The molecule has 1 aromatic heterocycles. The number of hydrogen-bond acceptors (Lipinski definition) is 4. The van der Waals surface area contributed by atoms with Crippen LogP contribution in [0.4, 0.5) is 19.0 Å². The zero-order chi connectivity index (χ0) is 11.8. The first kappa shape index (κ1) is 12.1. The summed E-state index contributed by atoms with van der Waals surface area (Å²) in [7, 11) is 0.529. The third-order valence-corrected chi connectivity index (χ3v) is 2.66. The van der Waals surface area contributed by atoms with E-state index in [4.69, 9.17) is 16.4 Å². The summed E-state index contributed by atoms with van der Waals surface area (Å²) >= 11 is 0. The molecule has 1 aromatic rings. The molecule has 4 nitrogen and oxygen atoms in total. The van der Waals surface area contributed by atoms with Crippen LogP contribution in [0.5, 0.6) is 0 Å². The van der Waals surface area contributed by atoms with E-state index in [1.165, 1.54) is 0 Å². The molecule has 0 aliphatic rings. The van der Waals surface area contributed by atoms with E-state index in [0.29, 0.717) is 6.07 Å². The Balaban J connectivity index is 3.50. The second-order valence-corrected chi connectivity index (χ2v) is 5.00. The van der Waals surface area contributed by atoms with Gasteiger partial charge in [-0.1, -0.05) is 0 Å². The van der Waals surface area contributed by atoms with Crippen LogP contribution in [0.3, 0.4) is 0 Å². The van der Waals surface area contributed by atoms with Gasteiger partial charge in [0.05, 0.1) is 5.56 Å². The van der Waals surface area contributed by atoms with Crippen molar-refractivity contribution >= 4 is 25.6 Å². The van der Waals surface area contributed by atoms with E-state index in [1.54, 1.807) is 0 Å². The summed E-state index contributed by atoms with van der Waals surface area (Å²) in [4.78, 5) is 3.04. The van der Waals surface area contributed by atoms with Crippen molar-refractivity contribution in [3.63, 3.8) is 0 Å². The van der Waals surface area contributed by atoms with E-state index >= 15 is 0 Å². The Labute approximate surface area is 87.3 Å². The molecule has 0 saturated carbocycles. The average Bonchev–Trinajstić information content (AvgIpc) is 2.06. The Morgan fingerprint density at radius 3 is 2.40 bits per heavy atom. The molecule has 1 heterocycles. The highest BCUT2D eigenvalue weighted by atomic mass is 35.7. The summed E-state index contributed by atoms with van der Waals surface area (Å²) < 4.78 is 58.8. The zero-order valence-corrected chi connectivity index (χ0v) is 8.49. The predicted molar refractivity (Wildman–Crippen MR) is 46.6 cm³/mol. The summed E-state index contributed by atoms with van der Waals surface area (Å²) in [5, 5.41) is -0.904. The first-order chi connectivity index (χ1) is 6.73. The minimum atomic E-state index is -4.32. The molecule has 2 N–H and O–H groups in total. The number of aromatic nitrogens is 1. The standard InChI is InChI=1S/C6H4ClF3N2O2S/c7-15(13,14)3-1-2(5(9)10)4(8)6(11)12-3/h1,5H,(H2,11,12). The van der Waals surface area contributed by atoms with Gasteiger partial charge in [-0.3, -0.25) is 0 Å². The Hall–Kier alpha value is -1.02. The lowest BCUT2D eigenvalue weighted by molar-refractivity contribution is 0.146. The van der Waals surface area contributed by atoms with Gasteiger partial charge < -0.3 is 5.73 Å². The second-order valence-electron chi connectivity index (χ2n) is 2.49. The molecule has 9 heteroatoms. The fourth-order valence-electron chi connectivity index (χ4n) is 0.828. The minimum absolute atomic E-state index is 0.346. The van der Waals surface area contributed by atoms with Crippen LogP contribution in [0, 0.1) is 5.82 Å². The van der Waals surface area contributed by atoms with Crippen LogP contribution in [0.2, 0.25) is 0 Å². The summed E-state index contributed by atoms with van der Waals surface area (Å²) in [6.07, 6.45) is -3.20. The fourth-order valence-corrected chi connectivity index (χ4v) is 1.54. The lowest BCUT2D eigenvalue weighted by Crippen LogP contribution is -2.06. The number of halogens is 4. The highest BCUT2D eigenvalue weighted by Crippen LogP contribution is 2.27. The summed E-state index contributed by atoms with van der Waals surface area (Å²) in [5.74, 6) is -2.39. The Morgan fingerprint density at radius 1 is 1.47 bits per heavy atom. The number of nitrogen functional groups attached to an aromatic ring is 1. The summed E-state index contributed by atoms with van der Waals surface area (Å²) in [6.45, 7) is 0. The minimum Gasteiger partial charge on any atom is -0.381 e. The highest BCUT2D eigenvalue weighted by Gasteiger charge is 2.22. The Morgan fingerprint density at radius 2 is 2.00 bits per heavy atom. The van der Waals surface area contributed by atoms with Crippen molar-refractivity contribution in [2.45, 2.75) is 11.5 Å². The normalized spacial score (nSPS) is 12.1. The quantitative estimate of drug-likeness (QED) is 0.821. The van der Waals surface area contributed by atoms with Gasteiger partial charge in [-0.2, -0.15) is 0 Å². The van der Waals surface area contributed by atoms with Crippen LogP contribution in [0.1, 0.15) is 12.0 Å². The van der Waals surface area contributed by atoms with Gasteiger partial charge in [0.1, 0.15) is 0 Å². The summed E-state index contributed by atoms with van der Waals surface area (Å²) in [6, 6.07) is 0.346. The van der Waals surface area contributed by atoms with Gasteiger partial charge in [0.2, 0.25) is 0 Å². The molecule has 0 aliphatic heterocycles. The van der Waals surface area contributed by atoms with Crippen molar-refractivity contribution in [3.05, 3.63) is 17.4 Å². The van der Waals surface area contributed by atoms with Crippen LogP contribution < -0.4 is 5.73 Å². The monoisotopic (exact) mass is 260 g/mol. The van der Waals surface area contributed by atoms with Gasteiger partial charge in [0.25, 0.3) is 15.5 Å². The van der Waals surface area contributed by atoms with E-state index in [1.807, 2.05) is 0 Å². The van der Waals surface area contributed by atoms with Crippen molar-refractivity contribution in [3.8, 4) is 0 Å². The van der Waals surface area contributed by atoms with Crippen molar-refractivity contribution in [1.29, 1.82) is 0 Å². The molecule has 0 atom stereocenters. The lowest BCUT2D eigenvalue weighted by Gasteiger charge is -2.05. The molecule has 15 heavy (non-hydrogen) atoms. The van der Waals surface area contributed by atoms with Crippen LogP contribution >= 0.6 is 10.7 Å². The maximum atomic E-state index is 12.9. The molecule has 1 rings (SSSR count). The van der Waals surface area contributed by atoms with Gasteiger partial charge in [0, 0.05) is 10.7 Å². The van der Waals surface area contributed by atoms with Gasteiger partial charge in [-0.25, -0.2) is 26.6 Å². The maximum Gasteiger partial charge on any atom is 0.278 e. The first-order valence-corrected chi connectivity index (χ1v) is 5.73. The Bertz CT molecular complexity index is 491. The van der Waals surface area contributed by atoms with Crippen molar-refractivity contribution in [2.75, 3.05) is 5.73 Å². The van der Waals surface area contributed by atoms with Crippen LogP contribution in [0.15, 0.2) is 11.1 Å². The molecule has 0 amide bonds. The van der Waals surface area contributed by atoms with E-state index in [2.05, 4.69) is 4.98 Å². The molecule has 0 aromatic carbocycles. The molecule has 0 fully saturated rings. The molecule has 0 aliphatic carbocycles. The number of nitrogens with zero attached hydrogens (tertiary/aromatic N) is 1. The number of nitrogens with two attached hydrogens (primary N) is 1. The molecular weight excluding hydrogens is 257 g/mol. The molecule has 0 saturated heterocycles. The first-order valence-electron chi connectivity index (χ1n) is 3.42. The maximum absolute atomic E-state index is 12.9. The number of pyridine rings is 1. The second kappa shape index (κ2) is 3.86. The van der Waals surface area contributed by atoms with E-state index in [9.17, 15) is 21.6 Å². The number of anilines is 1. The lowest BCUT2D eigenvalue weighted by atomic mass is 10.2. The molecule has 84 valence electrons. The van der Waals surface area contributed by atoms with E-state index in [-0.39, 0.29) is 0 Å². The largest absolute Gasteiger partial charge is 0.381 e. The van der Waals surface area contributed by atoms with Crippen LogP contribution in [-0.4, -0.2) is 13.4 Å². The molecule has 0 bridgehead atoms. The third-order valence-electron chi connectivity index (χ3n) is 1.47. The van der Waals surface area contributed by atoms with Gasteiger partial charge in [-0.15, -0.1) is 0 Å². The van der Waals surface area contributed by atoms with Gasteiger partial charge >= 0.3 is 0 Å². The van der Waals surface area contributed by atoms with Crippen molar-refractivity contribution < 1.29 is 21.6 Å². The Kier molecular flexibility index (Phi) is 3.10. The smallest absolute Gasteiger partial charge is 0.278 e. The van der Waals surface area contributed by atoms with Gasteiger partial charge in [0.15, 0.2) is 16.7 Å². The van der Waals surface area contributed by atoms with Crippen LogP contribution in [0.25, 0.3) is 0 Å².